The average molecular weight is 966 g/mol. The molecule has 14 rings (SSSR count). The van der Waals surface area contributed by atoms with Crippen molar-refractivity contribution in [1.82, 2.24) is 0 Å². The molecule has 2 aliphatic carbocycles. The Morgan fingerprint density at radius 3 is 1.74 bits per heavy atom. The van der Waals surface area contributed by atoms with Gasteiger partial charge in [0.15, 0.2) is 0 Å². The fourth-order valence-electron chi connectivity index (χ4n) is 10.2. The fourth-order valence-corrected chi connectivity index (χ4v) is 10.2. The van der Waals surface area contributed by atoms with Crippen LogP contribution >= 0.6 is 0 Å². The van der Waals surface area contributed by atoms with Crippen LogP contribution in [-0.2, 0) is 10.8 Å². The maximum atomic E-state index is 10.8. The number of rotatable bonds is 9. The first-order valence-corrected chi connectivity index (χ1v) is 22.3. The third-order valence-corrected chi connectivity index (χ3v) is 13.1. The zero-order chi connectivity index (χ0) is 81.4. The monoisotopic (exact) mass is 966 g/mol. The largest absolute Gasteiger partial charge is 0.310 e. The Balaban J connectivity index is 1.16. The summed E-state index contributed by atoms with van der Waals surface area (Å²) >= 11 is 0. The molecule has 0 amide bonds. The lowest BCUT2D eigenvalue weighted by molar-refractivity contribution is 0.768. The second-order valence-electron chi connectivity index (χ2n) is 16.6. The Bertz CT molecular complexity index is 6300. The van der Waals surface area contributed by atoms with Crippen LogP contribution in [0.25, 0.3) is 55.3 Å². The summed E-state index contributed by atoms with van der Waals surface area (Å²) in [7, 11) is 0. The van der Waals surface area contributed by atoms with Gasteiger partial charge in [-0.15, -0.1) is 0 Å². The molecule has 0 aliphatic heterocycles. The Kier molecular flexibility index (Phi) is 4.49. The van der Waals surface area contributed by atoms with Crippen LogP contribution in [0.2, 0.25) is 0 Å². The lowest BCUT2D eigenvalue weighted by Gasteiger charge is -2.35. The van der Waals surface area contributed by atoms with E-state index in [0.29, 0.717) is 4.90 Å². The van der Waals surface area contributed by atoms with Crippen LogP contribution in [0.4, 0.5) is 17.1 Å². The third-order valence-electron chi connectivity index (χ3n) is 13.1. The quantitative estimate of drug-likeness (QED) is 0.139. The molecule has 0 radical (unpaired) electrons. The highest BCUT2D eigenvalue weighted by atomic mass is 15.1. The van der Waals surface area contributed by atoms with E-state index in [1.807, 2.05) is 0 Å². The van der Waals surface area contributed by atoms with Gasteiger partial charge in [0.05, 0.1) is 62.9 Å². The number of benzene rings is 12. The smallest absolute Gasteiger partial charge is 0.0714 e. The maximum Gasteiger partial charge on any atom is 0.0714 e. The predicted molar refractivity (Wildman–Crippen MR) is 304 cm³/mol. The van der Waals surface area contributed by atoms with Crippen LogP contribution < -0.4 is 4.90 Å². The van der Waals surface area contributed by atoms with Gasteiger partial charge < -0.3 is 4.90 Å². The highest BCUT2D eigenvalue weighted by Crippen LogP contribution is 2.60. The molecule has 0 aromatic heterocycles. The molecule has 73 heavy (non-hydrogen) atoms. The van der Waals surface area contributed by atoms with E-state index in [2.05, 4.69) is 0 Å². The van der Waals surface area contributed by atoms with E-state index in [4.69, 9.17) is 23.3 Å². The Morgan fingerprint density at radius 1 is 0.288 bits per heavy atom. The van der Waals surface area contributed by atoms with Crippen LogP contribution in [0.3, 0.4) is 0 Å². The molecule has 0 saturated heterocycles. The van der Waals surface area contributed by atoms with Crippen molar-refractivity contribution in [2.75, 3.05) is 4.90 Å². The molecule has 2 atom stereocenters. The summed E-state index contributed by atoms with van der Waals surface area (Å²) in [4.78, 5) is 0.595. The Hall–Kier alpha value is -9.30. The first kappa shape index (κ1) is 19.0. The molecule has 2 aliphatic rings. The van der Waals surface area contributed by atoms with Gasteiger partial charge >= 0.3 is 0 Å². The van der Waals surface area contributed by atoms with Crippen molar-refractivity contribution < 1.29 is 52.1 Å². The topological polar surface area (TPSA) is 3.24 Å². The van der Waals surface area contributed by atoms with Crippen molar-refractivity contribution in [3.63, 3.8) is 0 Å². The second kappa shape index (κ2) is 17.2. The molecule has 0 bridgehead atoms. The highest BCUT2D eigenvalue weighted by Gasteiger charge is 2.48. The normalized spacial score (nSPS) is 23.3. The lowest BCUT2D eigenvalue weighted by Crippen LogP contribution is -2.28. The molecule has 342 valence electrons. The van der Waals surface area contributed by atoms with Crippen LogP contribution in [0.5, 0.6) is 0 Å². The molecule has 0 heterocycles. The molecule has 12 aromatic carbocycles. The van der Waals surface area contributed by atoms with Gasteiger partial charge in [-0.1, -0.05) is 260 Å². The van der Waals surface area contributed by atoms with Gasteiger partial charge in [-0.3, -0.25) is 0 Å². The third kappa shape index (κ3) is 6.42. The summed E-state index contributed by atoms with van der Waals surface area (Å²) in [6.45, 7) is 0. The Morgan fingerprint density at radius 2 is 0.904 bits per heavy atom. The summed E-state index contributed by atoms with van der Waals surface area (Å²) in [5.41, 5.74) is -18.4. The summed E-state index contributed by atoms with van der Waals surface area (Å²) < 4.78 is 358. The van der Waals surface area contributed by atoms with E-state index in [-0.39, 0.29) is 5.56 Å². The van der Waals surface area contributed by atoms with Crippen molar-refractivity contribution in [2.24, 2.45) is 0 Å². The van der Waals surface area contributed by atoms with Crippen molar-refractivity contribution in [3.8, 4) is 44.5 Å². The van der Waals surface area contributed by atoms with E-state index >= 15 is 0 Å². The molecule has 0 spiro atoms. The molecule has 12 aromatic rings. The van der Waals surface area contributed by atoms with Crippen molar-refractivity contribution in [2.45, 2.75) is 10.8 Å². The number of hydrogen-bond acceptors (Lipinski definition) is 1. The first-order chi connectivity index (χ1) is 51.9. The molecule has 0 fully saturated rings. The van der Waals surface area contributed by atoms with Crippen molar-refractivity contribution in [1.29, 1.82) is 0 Å². The van der Waals surface area contributed by atoms with E-state index in [9.17, 15) is 28.8 Å². The standard InChI is InChI=1S/C72H49N/c1-6-24-52(25-7-1)71(53-26-8-2-9-27-53)66-39-21-19-36-63(66)70-64(37-22-40-67(70)71)69-59-34-17-16-23-50(59)43-47-60(69)51-41-44-57(45-42-51)73(56-32-14-5-15-33-56)58-46-48-62-61-35-18-20-38-65(61)72(68(62)49-58,54-28-10-3-11-29-54)55-30-12-4-13-31-55/h1-49H/i1D,2D,3D,4D,6D,7D,8D,9D,10D,11D,12D,13D,14D,15D,16D,17D,18D,19D,20D,21D,22D,24D,25D,26D,28D,32D,34D,35D,38D,40D,41D,43D,44D,45D,46D,47D,48D,49D. The summed E-state index contributed by atoms with van der Waals surface area (Å²) in [6.07, 6.45) is 0. The van der Waals surface area contributed by atoms with Gasteiger partial charge in [0.1, 0.15) is 0 Å². The molecular formula is C72H49N. The SMILES string of the molecule is [2H]c1cc([2H])c([2H])c(N(c2c([2H])cc(-c3c([2H])c([2H])c4cc([2H])c([2H])c([2H])c4c3-c3cc([2H])c([2H])c4c3-c3cc([2H])c([2H])cc3C4(c3cc([2H])c([2H])c([2H])c3[2H])c3c([2H])c([2H])c([2H])c([2H])c3[2H])c([2H])c2[2H])c2c([2H])c([2H])c3c(c2[2H])C(c2cc([2H])c([2H])c([2H])c2)(c2cc([2H])c([2H])c([2H])c2[2H])c2c([2H])c([2H])c([2H])c([2H])c2-3)c1. The molecule has 0 N–H and O–H groups in total. The van der Waals surface area contributed by atoms with E-state index in [0.717, 1.165) is 66.7 Å². The van der Waals surface area contributed by atoms with E-state index in [1.165, 1.54) is 0 Å². The first-order valence-electron chi connectivity index (χ1n) is 41.3. The highest BCUT2D eigenvalue weighted by molar-refractivity contribution is 6.09. The van der Waals surface area contributed by atoms with Gasteiger partial charge in [-0.05, 0) is 136 Å². The lowest BCUT2D eigenvalue weighted by atomic mass is 9.67. The molecule has 0 saturated carbocycles. The number of fused-ring (bicyclic) bond motifs is 7. The zero-order valence-electron chi connectivity index (χ0n) is 75.3. The molecule has 1 nitrogen and oxygen atoms in total. The van der Waals surface area contributed by atoms with E-state index in [1.54, 1.807) is 0 Å². The number of para-hydroxylation sites is 1. The number of anilines is 3. The molecule has 2 unspecified atom stereocenters. The maximum absolute atomic E-state index is 10.8. The Labute approximate surface area is 481 Å². The van der Waals surface area contributed by atoms with Crippen molar-refractivity contribution in [3.05, 3.63) is 341 Å². The van der Waals surface area contributed by atoms with Crippen molar-refractivity contribution >= 4 is 27.8 Å². The fraction of sp³-hybridized carbons (Fsp3) is 0.0278. The van der Waals surface area contributed by atoms with Crippen LogP contribution in [0.15, 0.2) is 296 Å². The minimum Gasteiger partial charge on any atom is -0.310 e. The minimum atomic E-state index is -2.87. The van der Waals surface area contributed by atoms with E-state index < -0.39 is 352 Å². The minimum absolute atomic E-state index is 0.327. The van der Waals surface area contributed by atoms with Crippen LogP contribution in [-0.4, -0.2) is 0 Å². The molecular weight excluding hydrogens is 879 g/mol. The second-order valence-corrected chi connectivity index (χ2v) is 16.6. The van der Waals surface area contributed by atoms with Gasteiger partial charge in [0.25, 0.3) is 0 Å². The summed E-state index contributed by atoms with van der Waals surface area (Å²) in [6, 6.07) is -24.8. The zero-order valence-corrected chi connectivity index (χ0v) is 37.3. The van der Waals surface area contributed by atoms with Crippen LogP contribution in [0, 0.1) is 0 Å². The number of hydrogen-bond donors (Lipinski definition) is 0. The number of nitrogens with zero attached hydrogens (tertiary/aromatic N) is 1. The van der Waals surface area contributed by atoms with Gasteiger partial charge in [-0.25, -0.2) is 0 Å². The average Bonchev–Trinajstić information content (AvgIpc) is 1.53. The van der Waals surface area contributed by atoms with Crippen LogP contribution in [0.1, 0.15) is 96.6 Å². The molecule has 1 heteroatoms. The van der Waals surface area contributed by atoms with Gasteiger partial charge in [0, 0.05) is 17.1 Å². The summed E-state index contributed by atoms with van der Waals surface area (Å²) in [5.74, 6) is 0. The summed E-state index contributed by atoms with van der Waals surface area (Å²) in [5, 5.41) is -1.04. The van der Waals surface area contributed by atoms with Gasteiger partial charge in [0.2, 0.25) is 0 Å². The predicted octanol–water partition coefficient (Wildman–Crippen LogP) is 18.4. The van der Waals surface area contributed by atoms with Gasteiger partial charge in [-0.2, -0.15) is 0 Å².